The Morgan fingerprint density at radius 3 is 2.35 bits per heavy atom. The van der Waals surface area contributed by atoms with E-state index in [1.807, 2.05) is 6.07 Å². The van der Waals surface area contributed by atoms with Crippen LogP contribution in [0, 0.1) is 6.07 Å². The van der Waals surface area contributed by atoms with Gasteiger partial charge in [-0.2, -0.15) is 0 Å². The fourth-order valence-electron chi connectivity index (χ4n) is 1.91. The first kappa shape index (κ1) is 10.5. The van der Waals surface area contributed by atoms with Crippen molar-refractivity contribution in [3.63, 3.8) is 0 Å². The van der Waals surface area contributed by atoms with Crippen molar-refractivity contribution >= 4 is 26.7 Å². The van der Waals surface area contributed by atoms with Crippen LogP contribution in [0.4, 0.5) is 0 Å². The van der Waals surface area contributed by atoms with E-state index >= 15 is 0 Å². The molecule has 0 atom stereocenters. The fraction of sp³-hybridized carbons (Fsp3) is 0. The Hall–Kier alpha value is -1.60. The first-order valence-electron chi connectivity index (χ1n) is 5.50. The molecular weight excluding hydrogens is 272 g/mol. The quantitative estimate of drug-likeness (QED) is 0.584. The summed E-state index contributed by atoms with van der Waals surface area (Å²) in [5, 5.41) is 2.39. The van der Waals surface area contributed by atoms with Crippen LogP contribution in [0.3, 0.4) is 0 Å². The van der Waals surface area contributed by atoms with E-state index in [1.54, 1.807) is 0 Å². The summed E-state index contributed by atoms with van der Waals surface area (Å²) in [5.74, 6) is 0. The third-order valence-electron chi connectivity index (χ3n) is 2.81. The molecule has 0 N–H and O–H groups in total. The van der Waals surface area contributed by atoms with Gasteiger partial charge in [0.2, 0.25) is 0 Å². The lowest BCUT2D eigenvalue weighted by molar-refractivity contribution is 1.61. The molecule has 0 nitrogen and oxygen atoms in total. The fourth-order valence-corrected chi connectivity index (χ4v) is 2.18. The topological polar surface area (TPSA) is 0 Å². The van der Waals surface area contributed by atoms with Gasteiger partial charge in [0, 0.05) is 4.47 Å². The molecule has 0 bridgehead atoms. The minimum Gasteiger partial charge on any atom is -0.0616 e. The number of rotatable bonds is 1. The van der Waals surface area contributed by atoms with E-state index in [0.29, 0.717) is 0 Å². The molecule has 0 spiro atoms. The van der Waals surface area contributed by atoms with Crippen molar-refractivity contribution in [2.45, 2.75) is 0 Å². The summed E-state index contributed by atoms with van der Waals surface area (Å²) in [6, 6.07) is 24.3. The van der Waals surface area contributed by atoms with Gasteiger partial charge < -0.3 is 0 Å². The van der Waals surface area contributed by atoms with E-state index in [0.717, 1.165) is 15.4 Å². The SMILES string of the molecule is Brc1ccc(-c2[c]c3ccccc3cc2)cc1. The summed E-state index contributed by atoms with van der Waals surface area (Å²) in [5.41, 5.74) is 2.33. The van der Waals surface area contributed by atoms with Gasteiger partial charge in [-0.15, -0.1) is 0 Å². The monoisotopic (exact) mass is 281 g/mol. The van der Waals surface area contributed by atoms with E-state index in [4.69, 9.17) is 0 Å². The van der Waals surface area contributed by atoms with Gasteiger partial charge in [-0.3, -0.25) is 0 Å². The van der Waals surface area contributed by atoms with Crippen LogP contribution in [0.5, 0.6) is 0 Å². The van der Waals surface area contributed by atoms with Crippen molar-refractivity contribution in [2.75, 3.05) is 0 Å². The largest absolute Gasteiger partial charge is 0.0616 e. The van der Waals surface area contributed by atoms with Gasteiger partial charge in [0.25, 0.3) is 0 Å². The van der Waals surface area contributed by atoms with Crippen LogP contribution in [0.1, 0.15) is 0 Å². The average Bonchev–Trinajstić information content (AvgIpc) is 2.39. The lowest BCUT2D eigenvalue weighted by Crippen LogP contribution is -1.79. The molecule has 3 aromatic rings. The number of hydrogen-bond acceptors (Lipinski definition) is 0. The standard InChI is InChI=1S/C16H10Br/c17-16-9-7-13(8-10-16)15-6-5-12-3-1-2-4-14(12)11-15/h1-10H. The number of hydrogen-bond donors (Lipinski definition) is 0. The molecule has 0 heterocycles. The van der Waals surface area contributed by atoms with Crippen LogP contribution in [-0.4, -0.2) is 0 Å². The molecule has 0 fully saturated rings. The van der Waals surface area contributed by atoms with E-state index in [9.17, 15) is 0 Å². The van der Waals surface area contributed by atoms with Crippen molar-refractivity contribution in [2.24, 2.45) is 0 Å². The van der Waals surface area contributed by atoms with Gasteiger partial charge >= 0.3 is 0 Å². The van der Waals surface area contributed by atoms with Crippen molar-refractivity contribution in [1.82, 2.24) is 0 Å². The Labute approximate surface area is 109 Å². The summed E-state index contributed by atoms with van der Waals surface area (Å²) >= 11 is 3.45. The lowest BCUT2D eigenvalue weighted by atomic mass is 10.0. The number of halogens is 1. The van der Waals surface area contributed by atoms with Crippen LogP contribution in [-0.2, 0) is 0 Å². The first-order valence-corrected chi connectivity index (χ1v) is 6.29. The number of benzene rings is 3. The van der Waals surface area contributed by atoms with Crippen molar-refractivity contribution in [3.8, 4) is 11.1 Å². The second kappa shape index (κ2) is 4.34. The molecule has 0 saturated carbocycles. The highest BCUT2D eigenvalue weighted by Crippen LogP contribution is 2.24. The molecule has 1 radical (unpaired) electrons. The number of fused-ring (bicyclic) bond motifs is 1. The summed E-state index contributed by atoms with van der Waals surface area (Å²) in [6.07, 6.45) is 0. The van der Waals surface area contributed by atoms with Gasteiger partial charge in [0.05, 0.1) is 0 Å². The minimum atomic E-state index is 1.10. The normalized spacial score (nSPS) is 10.6. The van der Waals surface area contributed by atoms with Crippen molar-refractivity contribution in [3.05, 3.63) is 71.2 Å². The van der Waals surface area contributed by atoms with E-state index in [2.05, 4.69) is 76.6 Å². The Balaban J connectivity index is 2.14. The first-order chi connectivity index (χ1) is 8.33. The second-order valence-corrected chi connectivity index (χ2v) is 4.88. The molecule has 0 amide bonds. The molecule has 17 heavy (non-hydrogen) atoms. The zero-order chi connectivity index (χ0) is 11.7. The van der Waals surface area contributed by atoms with Crippen molar-refractivity contribution < 1.29 is 0 Å². The summed E-state index contributed by atoms with van der Waals surface area (Å²) < 4.78 is 1.10. The molecule has 81 valence electrons. The predicted molar refractivity (Wildman–Crippen MR) is 75.9 cm³/mol. The average molecular weight is 282 g/mol. The molecule has 0 aliphatic heterocycles. The highest BCUT2D eigenvalue weighted by molar-refractivity contribution is 9.10. The van der Waals surface area contributed by atoms with E-state index in [-0.39, 0.29) is 0 Å². The van der Waals surface area contributed by atoms with Gasteiger partial charge in [-0.05, 0) is 40.1 Å². The third kappa shape index (κ3) is 2.11. The van der Waals surface area contributed by atoms with Crippen LogP contribution >= 0.6 is 15.9 Å². The van der Waals surface area contributed by atoms with Gasteiger partial charge in [-0.25, -0.2) is 0 Å². The van der Waals surface area contributed by atoms with Crippen LogP contribution in [0.15, 0.2) is 65.1 Å². The summed E-state index contributed by atoms with van der Waals surface area (Å²) in [7, 11) is 0. The Morgan fingerprint density at radius 2 is 1.53 bits per heavy atom. The Kier molecular flexibility index (Phi) is 2.69. The molecule has 0 unspecified atom stereocenters. The van der Waals surface area contributed by atoms with Crippen LogP contribution < -0.4 is 0 Å². The highest BCUT2D eigenvalue weighted by atomic mass is 79.9. The summed E-state index contributed by atoms with van der Waals surface area (Å²) in [4.78, 5) is 0. The Bertz CT molecular complexity index is 654. The maximum Gasteiger partial charge on any atom is 0.0175 e. The molecule has 0 saturated heterocycles. The highest BCUT2D eigenvalue weighted by Gasteiger charge is 1.99. The van der Waals surface area contributed by atoms with Gasteiger partial charge in [-0.1, -0.05) is 64.5 Å². The molecular formula is C16H10Br. The molecule has 3 rings (SSSR count). The van der Waals surface area contributed by atoms with E-state index < -0.39 is 0 Å². The molecule has 0 aliphatic rings. The van der Waals surface area contributed by atoms with Crippen LogP contribution in [0.2, 0.25) is 0 Å². The summed E-state index contributed by atoms with van der Waals surface area (Å²) in [6.45, 7) is 0. The minimum absolute atomic E-state index is 1.10. The van der Waals surface area contributed by atoms with Crippen molar-refractivity contribution in [1.29, 1.82) is 0 Å². The maximum atomic E-state index is 3.45. The zero-order valence-electron chi connectivity index (χ0n) is 9.15. The molecule has 0 aromatic heterocycles. The zero-order valence-corrected chi connectivity index (χ0v) is 10.7. The molecule has 3 aromatic carbocycles. The smallest absolute Gasteiger partial charge is 0.0175 e. The maximum absolute atomic E-state index is 3.45. The Morgan fingerprint density at radius 1 is 0.765 bits per heavy atom. The van der Waals surface area contributed by atoms with Crippen LogP contribution in [0.25, 0.3) is 21.9 Å². The van der Waals surface area contributed by atoms with E-state index in [1.165, 1.54) is 10.9 Å². The second-order valence-electron chi connectivity index (χ2n) is 3.97. The van der Waals surface area contributed by atoms with Gasteiger partial charge in [0.15, 0.2) is 0 Å². The third-order valence-corrected chi connectivity index (χ3v) is 3.34. The molecule has 0 aliphatic carbocycles. The predicted octanol–water partition coefficient (Wildman–Crippen LogP) is 5.07. The molecule has 1 heteroatoms. The van der Waals surface area contributed by atoms with Gasteiger partial charge in [0.1, 0.15) is 0 Å². The lowest BCUT2D eigenvalue weighted by Gasteiger charge is -2.03.